The Hall–Kier alpha value is -2.10. The average Bonchev–Trinajstić information content (AvgIpc) is 2.73. The van der Waals surface area contributed by atoms with E-state index in [1.165, 1.54) is 34.6 Å². The number of rotatable bonds is 6. The Morgan fingerprint density at radius 2 is 1.88 bits per heavy atom. The number of carbonyl (C=O) groups excluding carboxylic acids is 1. The lowest BCUT2D eigenvalue weighted by molar-refractivity contribution is -0.137. The first kappa shape index (κ1) is 24.5. The molecule has 3 rings (SSSR count). The van der Waals surface area contributed by atoms with E-state index in [4.69, 9.17) is 11.6 Å². The number of nitrogens with one attached hydrogen (secondary N) is 1. The number of hydrogen-bond donors (Lipinski definition) is 1. The maximum atomic E-state index is 13.1. The third-order valence-electron chi connectivity index (χ3n) is 5.41. The average molecular weight is 489 g/mol. The summed E-state index contributed by atoms with van der Waals surface area (Å²) in [6.45, 7) is 2.98. The summed E-state index contributed by atoms with van der Waals surface area (Å²) in [5.41, 5.74) is 0.0469. The van der Waals surface area contributed by atoms with Crippen LogP contribution < -0.4 is 5.32 Å². The van der Waals surface area contributed by atoms with Gasteiger partial charge in [0.05, 0.1) is 10.6 Å². The molecule has 174 valence electrons. The van der Waals surface area contributed by atoms with E-state index in [1.54, 1.807) is 0 Å². The first-order chi connectivity index (χ1) is 15.0. The van der Waals surface area contributed by atoms with Crippen molar-refractivity contribution >= 4 is 27.5 Å². The molecule has 2 aromatic carbocycles. The molecule has 1 amide bonds. The summed E-state index contributed by atoms with van der Waals surface area (Å²) >= 11 is 6.15. The standard InChI is InChI=1S/C22H24ClF3N2O3S/c1-15-3-2-12-28(14-15)32(30,31)20-13-17(6-9-19(20)23)21(29)27-11-10-16-4-7-18(8-5-16)22(24,25)26/h4-9,13,15H,2-3,10-12,14H2,1H3,(H,27,29)/t15-/m0/s1. The van der Waals surface area contributed by atoms with Gasteiger partial charge in [0.15, 0.2) is 0 Å². The van der Waals surface area contributed by atoms with E-state index in [-0.39, 0.29) is 27.9 Å². The highest BCUT2D eigenvalue weighted by Crippen LogP contribution is 2.30. The van der Waals surface area contributed by atoms with Crippen molar-refractivity contribution in [1.29, 1.82) is 0 Å². The smallest absolute Gasteiger partial charge is 0.352 e. The van der Waals surface area contributed by atoms with Gasteiger partial charge in [0.25, 0.3) is 5.91 Å². The highest BCUT2D eigenvalue weighted by atomic mass is 35.5. The van der Waals surface area contributed by atoms with Gasteiger partial charge in [0.2, 0.25) is 10.0 Å². The van der Waals surface area contributed by atoms with Crippen molar-refractivity contribution in [1.82, 2.24) is 9.62 Å². The number of alkyl halides is 3. The van der Waals surface area contributed by atoms with Gasteiger partial charge in [-0.25, -0.2) is 8.42 Å². The molecule has 0 saturated carbocycles. The van der Waals surface area contributed by atoms with Crippen LogP contribution in [-0.4, -0.2) is 38.3 Å². The summed E-state index contributed by atoms with van der Waals surface area (Å²) in [6, 6.07) is 8.80. The van der Waals surface area contributed by atoms with Crippen LogP contribution in [0.5, 0.6) is 0 Å². The molecule has 1 aliphatic heterocycles. The summed E-state index contributed by atoms with van der Waals surface area (Å²) in [5.74, 6) is -0.244. The molecule has 2 aromatic rings. The maximum Gasteiger partial charge on any atom is 0.416 e. The van der Waals surface area contributed by atoms with Crippen molar-refractivity contribution < 1.29 is 26.4 Å². The predicted molar refractivity (Wildman–Crippen MR) is 116 cm³/mol. The minimum atomic E-state index is -4.40. The Balaban J connectivity index is 1.66. The Labute approximate surface area is 190 Å². The van der Waals surface area contributed by atoms with Gasteiger partial charge in [-0.2, -0.15) is 17.5 Å². The highest BCUT2D eigenvalue weighted by molar-refractivity contribution is 7.89. The minimum absolute atomic E-state index is 0.0459. The number of nitrogens with zero attached hydrogens (tertiary/aromatic N) is 1. The molecule has 0 spiro atoms. The van der Waals surface area contributed by atoms with Crippen molar-refractivity contribution in [3.63, 3.8) is 0 Å². The van der Waals surface area contributed by atoms with Gasteiger partial charge in [0, 0.05) is 25.2 Å². The normalized spacial score (nSPS) is 17.8. The molecule has 32 heavy (non-hydrogen) atoms. The molecule has 10 heteroatoms. The van der Waals surface area contributed by atoms with Crippen LogP contribution in [0, 0.1) is 5.92 Å². The monoisotopic (exact) mass is 488 g/mol. The molecule has 0 radical (unpaired) electrons. The van der Waals surface area contributed by atoms with Crippen molar-refractivity contribution in [3.05, 3.63) is 64.2 Å². The van der Waals surface area contributed by atoms with Crippen LogP contribution in [0.15, 0.2) is 47.4 Å². The zero-order chi connectivity index (χ0) is 23.5. The Morgan fingerprint density at radius 1 is 1.19 bits per heavy atom. The number of halogens is 4. The number of sulfonamides is 1. The molecule has 1 fully saturated rings. The van der Waals surface area contributed by atoms with Gasteiger partial charge in [-0.05, 0) is 61.1 Å². The quantitative estimate of drug-likeness (QED) is 0.638. The highest BCUT2D eigenvalue weighted by Gasteiger charge is 2.31. The fraction of sp³-hybridized carbons (Fsp3) is 0.409. The second-order valence-corrected chi connectivity index (χ2v) is 10.3. The lowest BCUT2D eigenvalue weighted by atomic mass is 10.0. The maximum absolute atomic E-state index is 13.1. The van der Waals surface area contributed by atoms with E-state index in [9.17, 15) is 26.4 Å². The van der Waals surface area contributed by atoms with Gasteiger partial charge in [-0.3, -0.25) is 4.79 Å². The van der Waals surface area contributed by atoms with Gasteiger partial charge < -0.3 is 5.32 Å². The number of amides is 1. The molecular formula is C22H24ClF3N2O3S. The third kappa shape index (κ3) is 5.82. The lowest BCUT2D eigenvalue weighted by Crippen LogP contribution is -2.39. The van der Waals surface area contributed by atoms with Crippen LogP contribution in [0.2, 0.25) is 5.02 Å². The van der Waals surface area contributed by atoms with E-state index in [0.717, 1.165) is 25.0 Å². The Bertz CT molecular complexity index is 1070. The molecule has 1 heterocycles. The van der Waals surface area contributed by atoms with E-state index < -0.39 is 27.7 Å². The van der Waals surface area contributed by atoms with Crippen molar-refractivity contribution in [3.8, 4) is 0 Å². The molecule has 0 bridgehead atoms. The zero-order valence-corrected chi connectivity index (χ0v) is 19.0. The molecule has 0 aromatic heterocycles. The second-order valence-electron chi connectivity index (χ2n) is 7.96. The molecule has 5 nitrogen and oxygen atoms in total. The number of piperidine rings is 1. The van der Waals surface area contributed by atoms with Crippen molar-refractivity contribution in [2.45, 2.75) is 37.3 Å². The molecular weight excluding hydrogens is 465 g/mol. The Morgan fingerprint density at radius 3 is 2.50 bits per heavy atom. The van der Waals surface area contributed by atoms with Crippen LogP contribution in [0.3, 0.4) is 0 Å². The van der Waals surface area contributed by atoms with E-state index >= 15 is 0 Å². The fourth-order valence-corrected chi connectivity index (χ4v) is 5.73. The SMILES string of the molecule is C[C@H]1CCCN(S(=O)(=O)c2cc(C(=O)NCCc3ccc(C(F)(F)F)cc3)ccc2Cl)C1. The van der Waals surface area contributed by atoms with Gasteiger partial charge in [0.1, 0.15) is 4.90 Å². The molecule has 1 atom stereocenters. The number of hydrogen-bond acceptors (Lipinski definition) is 3. The topological polar surface area (TPSA) is 66.5 Å². The zero-order valence-electron chi connectivity index (χ0n) is 17.5. The largest absolute Gasteiger partial charge is 0.416 e. The lowest BCUT2D eigenvalue weighted by Gasteiger charge is -2.30. The fourth-order valence-electron chi connectivity index (χ4n) is 3.63. The molecule has 1 N–H and O–H groups in total. The Kier molecular flexibility index (Phi) is 7.52. The summed E-state index contributed by atoms with van der Waals surface area (Å²) < 4.78 is 65.4. The summed E-state index contributed by atoms with van der Waals surface area (Å²) in [5, 5.41) is 2.71. The molecule has 0 aliphatic carbocycles. The van der Waals surface area contributed by atoms with Gasteiger partial charge in [-0.1, -0.05) is 30.7 Å². The van der Waals surface area contributed by atoms with Crippen LogP contribution in [0.4, 0.5) is 13.2 Å². The van der Waals surface area contributed by atoms with E-state index in [2.05, 4.69) is 5.32 Å². The van der Waals surface area contributed by atoms with Crippen LogP contribution in [-0.2, 0) is 22.6 Å². The molecule has 0 unspecified atom stereocenters. The van der Waals surface area contributed by atoms with E-state index in [1.807, 2.05) is 6.92 Å². The third-order valence-corrected chi connectivity index (χ3v) is 7.76. The first-order valence-electron chi connectivity index (χ1n) is 10.2. The van der Waals surface area contributed by atoms with Gasteiger partial charge >= 0.3 is 6.18 Å². The number of benzene rings is 2. The van der Waals surface area contributed by atoms with Crippen molar-refractivity contribution in [2.75, 3.05) is 19.6 Å². The second kappa shape index (κ2) is 9.80. The first-order valence-corrected chi connectivity index (χ1v) is 12.0. The summed E-state index contributed by atoms with van der Waals surface area (Å²) in [4.78, 5) is 12.4. The minimum Gasteiger partial charge on any atom is -0.352 e. The van der Waals surface area contributed by atoms with Crippen LogP contribution in [0.25, 0.3) is 0 Å². The molecule has 1 aliphatic rings. The predicted octanol–water partition coefficient (Wildman–Crippen LogP) is 4.75. The van der Waals surface area contributed by atoms with Crippen LogP contribution >= 0.6 is 11.6 Å². The van der Waals surface area contributed by atoms with Gasteiger partial charge in [-0.15, -0.1) is 0 Å². The summed E-state index contributed by atoms with van der Waals surface area (Å²) in [6.07, 6.45) is -2.34. The van der Waals surface area contributed by atoms with Crippen molar-refractivity contribution in [2.24, 2.45) is 5.92 Å². The summed E-state index contributed by atoms with van der Waals surface area (Å²) in [7, 11) is -3.83. The molecule has 1 saturated heterocycles. The number of carbonyl (C=O) groups is 1. The van der Waals surface area contributed by atoms with Crippen LogP contribution in [0.1, 0.15) is 41.3 Å². The van der Waals surface area contributed by atoms with E-state index in [0.29, 0.717) is 25.1 Å².